The molecule has 0 N–H and O–H groups in total. The summed E-state index contributed by atoms with van der Waals surface area (Å²) in [5, 5.41) is 0. The van der Waals surface area contributed by atoms with Gasteiger partial charge in [-0.3, -0.25) is 0 Å². The van der Waals surface area contributed by atoms with E-state index in [9.17, 15) is 16.6 Å². The Morgan fingerprint density at radius 3 is 0.806 bits per heavy atom. The minimum atomic E-state index is 0. The van der Waals surface area contributed by atoms with Crippen LogP contribution in [0.4, 0.5) is 0 Å². The summed E-state index contributed by atoms with van der Waals surface area (Å²) in [4.78, 5) is 0. The molecule has 8 heteroatoms. The van der Waals surface area contributed by atoms with Crippen molar-refractivity contribution in [3.63, 3.8) is 0 Å². The van der Waals surface area contributed by atoms with Gasteiger partial charge in [0.1, 0.15) is 0 Å². The van der Waals surface area contributed by atoms with Gasteiger partial charge in [-0.1, -0.05) is 437 Å². The molecule has 0 radical (unpaired) electrons. The first kappa shape index (κ1) is 130. The molecule has 0 fully saturated rings. The van der Waals surface area contributed by atoms with Crippen LogP contribution in [-0.4, -0.2) is 14.1 Å². The molecule has 0 aliphatic carbocycles. The Bertz CT molecular complexity index is 4380. The van der Waals surface area contributed by atoms with Crippen LogP contribution in [0.15, 0.2) is 180 Å². The average molecular weight is 2070 g/mol. The summed E-state index contributed by atoms with van der Waals surface area (Å²) < 4.78 is 4.34. The first-order chi connectivity index (χ1) is 65.5. The third kappa shape index (κ3) is 49.4. The predicted octanol–water partition coefficient (Wildman–Crippen LogP) is 42.1. The van der Waals surface area contributed by atoms with E-state index < -0.39 is 0 Å². The maximum Gasteiger partial charge on any atom is 2.00 e. The van der Waals surface area contributed by atoms with E-state index in [0.717, 1.165) is 170 Å². The van der Waals surface area contributed by atoms with E-state index in [1.807, 2.05) is 0 Å². The van der Waals surface area contributed by atoms with E-state index in [1.54, 1.807) is 0 Å². The fraction of sp³-hybridized carbons (Fsp3) is 0.573. The Morgan fingerprint density at radius 2 is 0.489 bits per heavy atom. The third-order valence-corrected chi connectivity index (χ3v) is 28.0. The fourth-order valence-electron chi connectivity index (χ4n) is 19.6. The number of benzene rings is 6. The summed E-state index contributed by atoms with van der Waals surface area (Å²) in [7, 11) is 0. The number of hydrogen-bond acceptors (Lipinski definition) is 0. The fourth-order valence-corrected chi connectivity index (χ4v) is 19.6. The SMILES string of the molecule is CCCCCCCCCCCCCCCCCCCCCCC#CCCc1ccccc1C1=CC(CC)=C(c2ccc(CCCC)cc2)[N+]1=[N-].CCCCCCCCCCCCCCCCCCCCCCC#CCCc1ccccc1C1=CC(CC)=C(c2ccc(CCCC)cc2)[N+]1=[N-].CCCCCc1cccc(C2=C(CCCC)C(CC)=C(c3ccc(CCCC)cc3)[N+]2=[N-])c1.[CH3-].[CH3-].[CH3-].[CH3-].[Pd+2].[Pd+2]. The Morgan fingerprint density at radius 1 is 0.216 bits per heavy atom. The molecular formula is C131H198N6Pd2. The van der Waals surface area contributed by atoms with Gasteiger partial charge >= 0.3 is 40.8 Å². The van der Waals surface area contributed by atoms with Gasteiger partial charge in [0, 0.05) is 93.5 Å². The molecule has 0 spiro atoms. The van der Waals surface area contributed by atoms with Crippen LogP contribution in [0.25, 0.3) is 50.8 Å². The summed E-state index contributed by atoms with van der Waals surface area (Å²) in [5.74, 6) is 13.8. The van der Waals surface area contributed by atoms with Crippen molar-refractivity contribution in [1.82, 2.24) is 0 Å². The number of unbranched alkanes of at least 4 members (excludes halogenated alkanes) is 46. The van der Waals surface area contributed by atoms with Gasteiger partial charge < -0.3 is 46.3 Å². The van der Waals surface area contributed by atoms with E-state index in [1.165, 1.54) is 384 Å². The summed E-state index contributed by atoms with van der Waals surface area (Å²) in [5.41, 5.74) is 59.5. The van der Waals surface area contributed by atoms with Crippen LogP contribution in [0, 0.1) is 53.4 Å². The molecule has 0 bridgehead atoms. The second-order valence-electron chi connectivity index (χ2n) is 39.1. The Kier molecular flexibility index (Phi) is 77.9. The summed E-state index contributed by atoms with van der Waals surface area (Å²) in [6.45, 7) is 22.3. The Labute approximate surface area is 885 Å². The molecule has 772 valence electrons. The van der Waals surface area contributed by atoms with Gasteiger partial charge in [0.15, 0.2) is 0 Å². The van der Waals surface area contributed by atoms with Crippen molar-refractivity contribution in [3.8, 4) is 23.7 Å². The van der Waals surface area contributed by atoms with E-state index in [0.29, 0.717) is 0 Å². The zero-order chi connectivity index (χ0) is 94.6. The molecular weight excluding hydrogens is 1870 g/mol. The van der Waals surface area contributed by atoms with Crippen LogP contribution in [0.3, 0.4) is 0 Å². The normalized spacial score (nSPS) is 12.5. The molecule has 0 amide bonds. The van der Waals surface area contributed by atoms with Crippen LogP contribution < -0.4 is 0 Å². The summed E-state index contributed by atoms with van der Waals surface area (Å²) in [6.07, 6.45) is 88.0. The molecule has 6 aromatic rings. The van der Waals surface area contributed by atoms with E-state index in [2.05, 4.69) is 251 Å². The van der Waals surface area contributed by atoms with E-state index in [-0.39, 0.29) is 70.6 Å². The van der Waals surface area contributed by atoms with Crippen LogP contribution in [0.1, 0.15) is 515 Å². The second-order valence-corrected chi connectivity index (χ2v) is 39.1. The molecule has 0 saturated heterocycles. The maximum atomic E-state index is 11.6. The van der Waals surface area contributed by atoms with E-state index in [4.69, 9.17) is 0 Å². The summed E-state index contributed by atoms with van der Waals surface area (Å²) in [6, 6.07) is 52.2. The van der Waals surface area contributed by atoms with Crippen LogP contribution >= 0.6 is 0 Å². The zero-order valence-corrected chi connectivity index (χ0v) is 94.4. The molecule has 3 aliphatic heterocycles. The number of allylic oxidation sites excluding steroid dienone is 6. The van der Waals surface area contributed by atoms with Crippen molar-refractivity contribution >= 4 is 34.2 Å². The minimum absolute atomic E-state index is 0. The Balaban J connectivity index is 0.00000104. The maximum absolute atomic E-state index is 11.6. The van der Waals surface area contributed by atoms with Crippen LogP contribution in [-0.2, 0) is 79.4 Å². The number of nitrogens with zero attached hydrogens (tertiary/aromatic N) is 6. The summed E-state index contributed by atoms with van der Waals surface area (Å²) >= 11 is 0. The molecule has 139 heavy (non-hydrogen) atoms. The smallest absolute Gasteiger partial charge is 0.493 e. The van der Waals surface area contributed by atoms with Crippen molar-refractivity contribution < 1.29 is 54.9 Å². The first-order valence-electron chi connectivity index (χ1n) is 55.8. The Hall–Kier alpha value is -7.00. The van der Waals surface area contributed by atoms with Gasteiger partial charge in [0.2, 0.25) is 34.2 Å². The van der Waals surface area contributed by atoms with E-state index >= 15 is 0 Å². The van der Waals surface area contributed by atoms with Crippen molar-refractivity contribution in [2.24, 2.45) is 0 Å². The van der Waals surface area contributed by atoms with Crippen molar-refractivity contribution in [1.29, 1.82) is 0 Å². The van der Waals surface area contributed by atoms with Crippen LogP contribution in [0.5, 0.6) is 0 Å². The molecule has 6 nitrogen and oxygen atoms in total. The van der Waals surface area contributed by atoms with Crippen molar-refractivity contribution in [2.75, 3.05) is 0 Å². The molecule has 6 aromatic carbocycles. The van der Waals surface area contributed by atoms with Crippen molar-refractivity contribution in [2.45, 2.75) is 487 Å². The molecule has 0 atom stereocenters. The molecule has 0 saturated carbocycles. The predicted molar refractivity (Wildman–Crippen MR) is 606 cm³/mol. The van der Waals surface area contributed by atoms with Crippen molar-refractivity contribution in [3.05, 3.63) is 293 Å². The number of hydrogen-bond donors (Lipinski definition) is 0. The number of rotatable bonds is 69. The topological polar surface area (TPSA) is 75.9 Å². The molecule has 3 aliphatic rings. The third-order valence-electron chi connectivity index (χ3n) is 28.0. The van der Waals surface area contributed by atoms with Gasteiger partial charge in [0.25, 0.3) is 0 Å². The first-order valence-corrected chi connectivity index (χ1v) is 55.8. The standard InChI is InChI=1S/2C48H72N2.C31H42N2.4CH3.2Pd/c2*1-4-7-9-10-11-12-13-14-15-16-17-18-19-20-21-22-23-24-25-26-27-28-29-30-34-44-35-31-32-36-46(44)47-41-43(6-3)48(50(47)49)45-39-37-42(38-40-45)33-8-5-2;1-5-9-12-15-25-16-13-17-27(23-25)31-29(18-11-7-3)28(8-4)30(33(31)32)26-21-19-24(20-22-26)14-10-6-2;;;;;;/h2*31-32,35-41H,4-27,30,33-34H2,1-3H3;13,16-17,19-23H,5-12,14-15,18H2,1-4H3;4*1H3;;/q;;;4*-1;2*+2. The molecule has 3 heterocycles. The quantitative estimate of drug-likeness (QED) is 0.0120. The molecule has 0 aromatic heterocycles. The van der Waals surface area contributed by atoms with Gasteiger partial charge in [0.05, 0.1) is 0 Å². The average Bonchev–Trinajstić information content (AvgIpc) is 1.64. The second kappa shape index (κ2) is 83.3. The molecule has 9 rings (SSSR count). The monoisotopic (exact) mass is 2070 g/mol. The van der Waals surface area contributed by atoms with Crippen LogP contribution in [0.2, 0.25) is 0 Å². The zero-order valence-electron chi connectivity index (χ0n) is 91.3. The largest absolute Gasteiger partial charge is 2.00 e. The minimum Gasteiger partial charge on any atom is -0.493 e. The number of aryl methyl sites for hydroxylation is 6. The van der Waals surface area contributed by atoms with Gasteiger partial charge in [-0.25, -0.2) is 14.1 Å². The van der Waals surface area contributed by atoms with Gasteiger partial charge in [-0.15, -0.1) is 23.7 Å². The van der Waals surface area contributed by atoms with Gasteiger partial charge in [-0.05, 0) is 203 Å². The van der Waals surface area contributed by atoms with Gasteiger partial charge in [-0.2, -0.15) is 0 Å². The molecule has 0 unspecified atom stereocenters.